The lowest BCUT2D eigenvalue weighted by Gasteiger charge is -2.10. The van der Waals surface area contributed by atoms with Gasteiger partial charge in [0.2, 0.25) is 5.95 Å². The number of aromatic nitrogens is 2. The number of hydrogen-bond donors (Lipinski definition) is 1. The molecule has 1 N–H and O–H groups in total. The molecule has 1 aromatic heterocycles. The number of rotatable bonds is 5. The van der Waals surface area contributed by atoms with E-state index in [0.717, 1.165) is 18.5 Å². The topological polar surface area (TPSA) is 29.9 Å². The maximum absolute atomic E-state index is 12.0. The molecule has 0 saturated carbocycles. The van der Waals surface area contributed by atoms with Crippen molar-refractivity contribution in [2.75, 3.05) is 11.9 Å². The number of anilines is 1. The zero-order valence-corrected chi connectivity index (χ0v) is 9.43. The van der Waals surface area contributed by atoms with Crippen LogP contribution < -0.4 is 5.32 Å². The van der Waals surface area contributed by atoms with Crippen LogP contribution in [0.2, 0.25) is 0 Å². The van der Waals surface area contributed by atoms with E-state index in [1.807, 2.05) is 6.92 Å². The first-order valence-electron chi connectivity index (χ1n) is 5.27. The van der Waals surface area contributed by atoms with Crippen molar-refractivity contribution in [3.8, 4) is 0 Å². The summed E-state index contributed by atoms with van der Waals surface area (Å²) >= 11 is 0. The van der Waals surface area contributed by atoms with Gasteiger partial charge in [-0.3, -0.25) is 0 Å². The number of imidazole rings is 1. The van der Waals surface area contributed by atoms with Gasteiger partial charge in [-0.1, -0.05) is 13.3 Å². The zero-order valence-electron chi connectivity index (χ0n) is 9.43. The predicted molar refractivity (Wildman–Crippen MR) is 56.4 cm³/mol. The number of nitrogens with zero attached hydrogens (tertiary/aromatic N) is 2. The van der Waals surface area contributed by atoms with Crippen molar-refractivity contribution in [1.82, 2.24) is 9.55 Å². The first kappa shape index (κ1) is 12.9. The Kier molecular flexibility index (Phi) is 4.20. The second-order valence-corrected chi connectivity index (χ2v) is 3.72. The van der Waals surface area contributed by atoms with Gasteiger partial charge in [-0.05, 0) is 13.3 Å². The van der Waals surface area contributed by atoms with E-state index in [2.05, 4.69) is 10.3 Å². The molecule has 0 fully saturated rings. The van der Waals surface area contributed by atoms with E-state index in [1.165, 1.54) is 0 Å². The van der Waals surface area contributed by atoms with E-state index in [-0.39, 0.29) is 0 Å². The van der Waals surface area contributed by atoms with Crippen LogP contribution in [0.5, 0.6) is 0 Å². The second kappa shape index (κ2) is 5.23. The van der Waals surface area contributed by atoms with Gasteiger partial charge in [-0.2, -0.15) is 13.2 Å². The standard InChI is InChI=1S/C10H16F3N3/c1-3-4-5-16-6-8(2)15-9(16)14-7-10(11,12)13/h6H,3-5,7H2,1-2H3,(H,14,15). The summed E-state index contributed by atoms with van der Waals surface area (Å²) in [4.78, 5) is 4.02. The molecule has 6 heteroatoms. The zero-order chi connectivity index (χ0) is 12.2. The minimum Gasteiger partial charge on any atom is -0.347 e. The molecule has 3 nitrogen and oxygen atoms in total. The molecule has 0 saturated heterocycles. The molecule has 0 radical (unpaired) electrons. The van der Waals surface area contributed by atoms with Gasteiger partial charge in [0, 0.05) is 12.7 Å². The number of unbranched alkanes of at least 4 members (excludes halogenated alkanes) is 1. The van der Waals surface area contributed by atoms with Crippen LogP contribution in [-0.4, -0.2) is 22.3 Å². The lowest BCUT2D eigenvalue weighted by molar-refractivity contribution is -0.115. The van der Waals surface area contributed by atoms with E-state index >= 15 is 0 Å². The summed E-state index contributed by atoms with van der Waals surface area (Å²) in [5.41, 5.74) is 0.723. The number of hydrogen-bond acceptors (Lipinski definition) is 2. The van der Waals surface area contributed by atoms with Crippen molar-refractivity contribution >= 4 is 5.95 Å². The minimum absolute atomic E-state index is 0.295. The summed E-state index contributed by atoms with van der Waals surface area (Å²) in [6.07, 6.45) is -0.532. The van der Waals surface area contributed by atoms with Crippen LogP contribution in [0.3, 0.4) is 0 Å². The average Bonchev–Trinajstić information content (AvgIpc) is 2.52. The molecule has 0 atom stereocenters. The van der Waals surface area contributed by atoms with Crippen LogP contribution in [0.15, 0.2) is 6.20 Å². The number of alkyl halides is 3. The molecule has 0 aromatic carbocycles. The van der Waals surface area contributed by atoms with Gasteiger partial charge >= 0.3 is 6.18 Å². The van der Waals surface area contributed by atoms with E-state index < -0.39 is 12.7 Å². The van der Waals surface area contributed by atoms with E-state index in [4.69, 9.17) is 0 Å². The Morgan fingerprint density at radius 2 is 2.12 bits per heavy atom. The molecule has 16 heavy (non-hydrogen) atoms. The molecule has 1 rings (SSSR count). The van der Waals surface area contributed by atoms with Crippen LogP contribution in [0.25, 0.3) is 0 Å². The molecule has 92 valence electrons. The van der Waals surface area contributed by atoms with E-state index in [0.29, 0.717) is 12.5 Å². The average molecular weight is 235 g/mol. The first-order valence-corrected chi connectivity index (χ1v) is 5.27. The number of aryl methyl sites for hydroxylation is 2. The molecule has 0 bridgehead atoms. The quantitative estimate of drug-likeness (QED) is 0.850. The van der Waals surface area contributed by atoms with Crippen molar-refractivity contribution < 1.29 is 13.2 Å². The Morgan fingerprint density at radius 3 is 2.69 bits per heavy atom. The summed E-state index contributed by atoms with van der Waals surface area (Å²) in [5.74, 6) is 0.295. The summed E-state index contributed by atoms with van der Waals surface area (Å²) in [6, 6.07) is 0. The van der Waals surface area contributed by atoms with Crippen LogP contribution in [-0.2, 0) is 6.54 Å². The molecular formula is C10H16F3N3. The highest BCUT2D eigenvalue weighted by atomic mass is 19.4. The van der Waals surface area contributed by atoms with Gasteiger partial charge in [0.25, 0.3) is 0 Å². The predicted octanol–water partition coefficient (Wildman–Crippen LogP) is 2.97. The highest BCUT2D eigenvalue weighted by Gasteiger charge is 2.27. The Morgan fingerprint density at radius 1 is 1.44 bits per heavy atom. The SMILES string of the molecule is CCCCn1cc(C)nc1NCC(F)(F)F. The van der Waals surface area contributed by atoms with E-state index in [1.54, 1.807) is 17.7 Å². The van der Waals surface area contributed by atoms with Crippen molar-refractivity contribution in [3.63, 3.8) is 0 Å². The number of halogens is 3. The Hall–Kier alpha value is -1.20. The lowest BCUT2D eigenvalue weighted by Crippen LogP contribution is -2.23. The monoisotopic (exact) mass is 235 g/mol. The van der Waals surface area contributed by atoms with Gasteiger partial charge in [-0.25, -0.2) is 4.98 Å². The van der Waals surface area contributed by atoms with Crippen LogP contribution in [0.4, 0.5) is 19.1 Å². The van der Waals surface area contributed by atoms with E-state index in [9.17, 15) is 13.2 Å². The molecule has 1 aromatic rings. The van der Waals surface area contributed by atoms with Gasteiger partial charge in [-0.15, -0.1) is 0 Å². The normalized spacial score (nSPS) is 11.8. The Bertz CT molecular complexity index is 331. The molecule has 0 aliphatic heterocycles. The van der Waals surface area contributed by atoms with Gasteiger partial charge in [0.05, 0.1) is 5.69 Å². The van der Waals surface area contributed by atoms with Crippen molar-refractivity contribution in [1.29, 1.82) is 0 Å². The van der Waals surface area contributed by atoms with Gasteiger partial charge in [0.15, 0.2) is 0 Å². The fourth-order valence-electron chi connectivity index (χ4n) is 1.37. The summed E-state index contributed by atoms with van der Waals surface area (Å²) < 4.78 is 37.8. The van der Waals surface area contributed by atoms with Crippen LogP contribution in [0, 0.1) is 6.92 Å². The van der Waals surface area contributed by atoms with Crippen LogP contribution >= 0.6 is 0 Å². The minimum atomic E-state index is -4.21. The third-order valence-corrected chi connectivity index (χ3v) is 2.10. The highest BCUT2D eigenvalue weighted by molar-refractivity contribution is 5.28. The fraction of sp³-hybridized carbons (Fsp3) is 0.700. The highest BCUT2D eigenvalue weighted by Crippen LogP contribution is 2.16. The molecule has 0 unspecified atom stereocenters. The van der Waals surface area contributed by atoms with Crippen molar-refractivity contribution in [2.45, 2.75) is 39.4 Å². The molecular weight excluding hydrogens is 219 g/mol. The molecule has 1 heterocycles. The molecule has 0 amide bonds. The first-order chi connectivity index (χ1) is 7.42. The molecule has 0 spiro atoms. The third-order valence-electron chi connectivity index (χ3n) is 2.10. The van der Waals surface area contributed by atoms with Gasteiger partial charge < -0.3 is 9.88 Å². The van der Waals surface area contributed by atoms with Gasteiger partial charge in [0.1, 0.15) is 6.54 Å². The summed E-state index contributed by atoms with van der Waals surface area (Å²) in [7, 11) is 0. The maximum Gasteiger partial charge on any atom is 0.405 e. The number of nitrogens with one attached hydrogen (secondary N) is 1. The lowest BCUT2D eigenvalue weighted by atomic mass is 10.3. The Labute approximate surface area is 92.7 Å². The summed E-state index contributed by atoms with van der Waals surface area (Å²) in [5, 5.41) is 2.31. The largest absolute Gasteiger partial charge is 0.405 e. The smallest absolute Gasteiger partial charge is 0.347 e. The third kappa shape index (κ3) is 4.12. The maximum atomic E-state index is 12.0. The summed E-state index contributed by atoms with van der Waals surface area (Å²) in [6.45, 7) is 3.45. The van der Waals surface area contributed by atoms with Crippen molar-refractivity contribution in [3.05, 3.63) is 11.9 Å². The molecule has 0 aliphatic carbocycles. The van der Waals surface area contributed by atoms with Crippen LogP contribution in [0.1, 0.15) is 25.5 Å². The van der Waals surface area contributed by atoms with Crippen molar-refractivity contribution in [2.24, 2.45) is 0 Å². The fourth-order valence-corrected chi connectivity index (χ4v) is 1.37. The second-order valence-electron chi connectivity index (χ2n) is 3.72. The molecule has 0 aliphatic rings. The Balaban J connectivity index is 2.63.